The number of benzene rings is 2. The molecule has 3 rings (SSSR count). The Morgan fingerprint density at radius 2 is 1.70 bits per heavy atom. The molecule has 0 aliphatic heterocycles. The van der Waals surface area contributed by atoms with Gasteiger partial charge in [0.2, 0.25) is 0 Å². The number of nitrogens with zero attached hydrogens (tertiary/aromatic N) is 3. The summed E-state index contributed by atoms with van der Waals surface area (Å²) in [6.45, 7) is 8.26. The van der Waals surface area contributed by atoms with Crippen molar-refractivity contribution in [1.29, 1.82) is 0 Å². The number of hydrogen-bond donors (Lipinski definition) is 1. The molecule has 3 aromatic rings. The Labute approximate surface area is 164 Å². The fraction of sp³-hybridized carbons (Fsp3) is 0.333. The first kappa shape index (κ1) is 19.5. The molecule has 0 spiro atoms. The van der Waals surface area contributed by atoms with Crippen LogP contribution in [0.3, 0.4) is 0 Å². The van der Waals surface area contributed by atoms with Gasteiger partial charge in [-0.3, -0.25) is 4.57 Å². The number of aliphatic hydroxyl groups is 1. The lowest BCUT2D eigenvalue weighted by atomic mass is 10.1. The molecule has 1 atom stereocenters. The van der Waals surface area contributed by atoms with E-state index in [0.717, 1.165) is 33.5 Å². The maximum Gasteiger partial charge on any atom is 0.195 e. The Bertz CT molecular complexity index is 906. The summed E-state index contributed by atoms with van der Waals surface area (Å²) >= 11 is 1.48. The molecule has 1 heterocycles. The second-order valence-electron chi connectivity index (χ2n) is 6.75. The molecule has 2 aromatic carbocycles. The highest BCUT2D eigenvalue weighted by Gasteiger charge is 2.14. The van der Waals surface area contributed by atoms with E-state index in [2.05, 4.69) is 47.5 Å². The van der Waals surface area contributed by atoms with E-state index in [1.54, 1.807) is 0 Å². The van der Waals surface area contributed by atoms with Gasteiger partial charge in [-0.1, -0.05) is 41.6 Å². The molecule has 0 aliphatic carbocycles. The molecule has 1 unspecified atom stereocenters. The van der Waals surface area contributed by atoms with E-state index in [-0.39, 0.29) is 6.61 Å². The zero-order chi connectivity index (χ0) is 19.4. The number of aromatic nitrogens is 3. The molecule has 142 valence electrons. The van der Waals surface area contributed by atoms with Crippen LogP contribution in [-0.4, -0.2) is 38.3 Å². The molecular weight excluding hydrogens is 358 g/mol. The van der Waals surface area contributed by atoms with Gasteiger partial charge in [0.1, 0.15) is 18.2 Å². The highest BCUT2D eigenvalue weighted by Crippen LogP contribution is 2.24. The van der Waals surface area contributed by atoms with Crippen LogP contribution in [0.25, 0.3) is 5.69 Å². The van der Waals surface area contributed by atoms with Crippen LogP contribution in [0.4, 0.5) is 0 Å². The van der Waals surface area contributed by atoms with Crippen molar-refractivity contribution < 1.29 is 9.84 Å². The molecule has 0 saturated heterocycles. The van der Waals surface area contributed by atoms with Gasteiger partial charge in [0.05, 0.1) is 6.10 Å². The average molecular weight is 384 g/mol. The van der Waals surface area contributed by atoms with Gasteiger partial charge >= 0.3 is 0 Å². The second-order valence-corrected chi connectivity index (χ2v) is 7.73. The van der Waals surface area contributed by atoms with Crippen molar-refractivity contribution in [2.24, 2.45) is 0 Å². The smallest absolute Gasteiger partial charge is 0.195 e. The van der Waals surface area contributed by atoms with Gasteiger partial charge in [0.15, 0.2) is 5.16 Å². The molecule has 0 saturated carbocycles. The third-order valence-corrected chi connectivity index (χ3v) is 5.34. The molecular formula is C21H25N3O2S. The van der Waals surface area contributed by atoms with Crippen LogP contribution in [-0.2, 0) is 0 Å². The predicted molar refractivity (Wildman–Crippen MR) is 109 cm³/mol. The molecule has 27 heavy (non-hydrogen) atoms. The van der Waals surface area contributed by atoms with E-state index >= 15 is 0 Å². The van der Waals surface area contributed by atoms with Gasteiger partial charge in [-0.05, 0) is 57.0 Å². The van der Waals surface area contributed by atoms with Gasteiger partial charge in [0, 0.05) is 11.4 Å². The number of aryl methyl sites for hydroxylation is 4. The summed E-state index contributed by atoms with van der Waals surface area (Å²) in [6, 6.07) is 14.3. The van der Waals surface area contributed by atoms with Crippen LogP contribution in [0.5, 0.6) is 5.75 Å². The van der Waals surface area contributed by atoms with Crippen molar-refractivity contribution in [3.63, 3.8) is 0 Å². The third kappa shape index (κ3) is 4.90. The van der Waals surface area contributed by atoms with Crippen LogP contribution in [0.2, 0.25) is 0 Å². The van der Waals surface area contributed by atoms with Gasteiger partial charge in [-0.15, -0.1) is 10.2 Å². The highest BCUT2D eigenvalue weighted by atomic mass is 32.2. The van der Waals surface area contributed by atoms with E-state index in [1.165, 1.54) is 17.3 Å². The Balaban J connectivity index is 1.61. The first-order valence-corrected chi connectivity index (χ1v) is 9.92. The monoisotopic (exact) mass is 383 g/mol. The number of thioether (sulfide) groups is 1. The molecule has 0 aliphatic rings. The Morgan fingerprint density at radius 3 is 2.44 bits per heavy atom. The SMILES string of the molecule is Cc1ccc(-n2c(C)nnc2SCC(O)COc2cc(C)ccc2C)cc1. The van der Waals surface area contributed by atoms with E-state index < -0.39 is 6.10 Å². The second kappa shape index (κ2) is 8.59. The van der Waals surface area contributed by atoms with Crippen molar-refractivity contribution in [2.75, 3.05) is 12.4 Å². The fourth-order valence-corrected chi connectivity index (χ4v) is 3.60. The van der Waals surface area contributed by atoms with E-state index in [4.69, 9.17) is 4.74 Å². The summed E-state index contributed by atoms with van der Waals surface area (Å²) < 4.78 is 7.80. The maximum atomic E-state index is 10.3. The summed E-state index contributed by atoms with van der Waals surface area (Å²) in [5.41, 5.74) is 4.43. The Morgan fingerprint density at radius 1 is 1.00 bits per heavy atom. The predicted octanol–water partition coefficient (Wildman–Crippen LogP) is 4.03. The molecule has 5 nitrogen and oxygen atoms in total. The topological polar surface area (TPSA) is 60.2 Å². The average Bonchev–Trinajstić information content (AvgIpc) is 3.02. The van der Waals surface area contributed by atoms with Gasteiger partial charge in [-0.25, -0.2) is 0 Å². The molecule has 0 fully saturated rings. The highest BCUT2D eigenvalue weighted by molar-refractivity contribution is 7.99. The minimum atomic E-state index is -0.599. The summed E-state index contributed by atoms with van der Waals surface area (Å²) in [6.07, 6.45) is -0.599. The van der Waals surface area contributed by atoms with Crippen molar-refractivity contribution >= 4 is 11.8 Å². The summed E-state index contributed by atoms with van der Waals surface area (Å²) in [5, 5.41) is 19.5. The molecule has 1 aromatic heterocycles. The van der Waals surface area contributed by atoms with Gasteiger partial charge in [0.25, 0.3) is 0 Å². The largest absolute Gasteiger partial charge is 0.491 e. The van der Waals surface area contributed by atoms with Crippen LogP contribution < -0.4 is 4.74 Å². The number of hydrogen-bond acceptors (Lipinski definition) is 5. The molecule has 1 N–H and O–H groups in total. The number of rotatable bonds is 7. The first-order valence-electron chi connectivity index (χ1n) is 8.94. The molecule has 0 bridgehead atoms. The van der Waals surface area contributed by atoms with E-state index in [1.807, 2.05) is 37.5 Å². The third-order valence-electron chi connectivity index (χ3n) is 4.27. The minimum absolute atomic E-state index is 0.245. The van der Waals surface area contributed by atoms with Crippen LogP contribution >= 0.6 is 11.8 Å². The van der Waals surface area contributed by atoms with E-state index in [0.29, 0.717) is 5.75 Å². The van der Waals surface area contributed by atoms with Crippen LogP contribution in [0.1, 0.15) is 22.5 Å². The number of ether oxygens (including phenoxy) is 1. The van der Waals surface area contributed by atoms with Crippen LogP contribution in [0, 0.1) is 27.7 Å². The molecule has 0 amide bonds. The standard InChI is InChI=1S/C21H25N3O2S/c1-14-6-9-18(10-7-14)24-17(4)22-23-21(24)27-13-19(25)12-26-20-11-15(2)5-8-16(20)3/h5-11,19,25H,12-13H2,1-4H3. The number of aliphatic hydroxyl groups excluding tert-OH is 1. The van der Waals surface area contributed by atoms with Crippen molar-refractivity contribution in [2.45, 2.75) is 39.0 Å². The van der Waals surface area contributed by atoms with E-state index in [9.17, 15) is 5.11 Å². The fourth-order valence-electron chi connectivity index (χ4n) is 2.70. The van der Waals surface area contributed by atoms with Gasteiger partial charge in [-0.2, -0.15) is 0 Å². The Hall–Kier alpha value is -2.31. The van der Waals surface area contributed by atoms with Crippen molar-refractivity contribution in [1.82, 2.24) is 14.8 Å². The summed E-state index contributed by atoms with van der Waals surface area (Å²) in [4.78, 5) is 0. The minimum Gasteiger partial charge on any atom is -0.491 e. The van der Waals surface area contributed by atoms with Crippen molar-refractivity contribution in [3.05, 3.63) is 65.0 Å². The zero-order valence-electron chi connectivity index (χ0n) is 16.1. The Kier molecular flexibility index (Phi) is 6.19. The lowest BCUT2D eigenvalue weighted by Crippen LogP contribution is -2.20. The summed E-state index contributed by atoms with van der Waals surface area (Å²) in [5.74, 6) is 2.12. The van der Waals surface area contributed by atoms with Gasteiger partial charge < -0.3 is 9.84 Å². The van der Waals surface area contributed by atoms with Crippen LogP contribution in [0.15, 0.2) is 47.6 Å². The van der Waals surface area contributed by atoms with Crippen molar-refractivity contribution in [3.8, 4) is 11.4 Å². The first-order chi connectivity index (χ1) is 12.9. The normalized spacial score (nSPS) is 12.2. The molecule has 6 heteroatoms. The lowest BCUT2D eigenvalue weighted by Gasteiger charge is -2.14. The lowest BCUT2D eigenvalue weighted by molar-refractivity contribution is 0.126. The quantitative estimate of drug-likeness (QED) is 0.624. The maximum absolute atomic E-state index is 10.3. The summed E-state index contributed by atoms with van der Waals surface area (Å²) in [7, 11) is 0. The molecule has 0 radical (unpaired) electrons. The zero-order valence-corrected chi connectivity index (χ0v) is 17.0.